The number of para-hydroxylation sites is 1. The number of hydrogen-bond donors (Lipinski definition) is 0. The lowest BCUT2D eigenvalue weighted by Gasteiger charge is -2.18. The van der Waals surface area contributed by atoms with E-state index in [0.29, 0.717) is 16.3 Å². The molecule has 0 aliphatic rings. The van der Waals surface area contributed by atoms with E-state index in [4.69, 9.17) is 21.3 Å². The molecule has 1 unspecified atom stereocenters. The molecular weight excluding hydrogens is 430 g/mol. The number of aromatic nitrogens is 1. The topological polar surface area (TPSA) is 39.2 Å². The number of benzene rings is 3. The van der Waals surface area contributed by atoms with E-state index in [0.717, 1.165) is 50.8 Å². The summed E-state index contributed by atoms with van der Waals surface area (Å²) in [7, 11) is 0. The molecule has 0 saturated heterocycles. The van der Waals surface area contributed by atoms with E-state index in [1.807, 2.05) is 75.4 Å². The number of fused-ring (bicyclic) bond motifs is 1. The molecule has 1 heterocycles. The summed E-state index contributed by atoms with van der Waals surface area (Å²) in [6.45, 7) is 10.3. The molecule has 33 heavy (non-hydrogen) atoms. The highest BCUT2D eigenvalue weighted by Gasteiger charge is 2.23. The van der Waals surface area contributed by atoms with E-state index in [1.165, 1.54) is 0 Å². The fourth-order valence-corrected chi connectivity index (χ4v) is 4.54. The van der Waals surface area contributed by atoms with E-state index >= 15 is 0 Å². The average Bonchev–Trinajstić information content (AvgIpc) is 2.78. The van der Waals surface area contributed by atoms with Gasteiger partial charge in [-0.1, -0.05) is 67.4 Å². The van der Waals surface area contributed by atoms with Crippen molar-refractivity contribution in [1.29, 1.82) is 0 Å². The Bertz CT molecular complexity index is 1360. The minimum Gasteiger partial charge on any atom is -0.423 e. The van der Waals surface area contributed by atoms with Gasteiger partial charge in [-0.2, -0.15) is 0 Å². The highest BCUT2D eigenvalue weighted by molar-refractivity contribution is 6.30. The van der Waals surface area contributed by atoms with Crippen molar-refractivity contribution in [2.45, 2.75) is 47.0 Å². The van der Waals surface area contributed by atoms with Gasteiger partial charge >= 0.3 is 5.97 Å². The van der Waals surface area contributed by atoms with E-state index in [-0.39, 0.29) is 11.9 Å². The number of aryl methyl sites for hydroxylation is 2. The molecule has 1 aromatic heterocycles. The Morgan fingerprint density at radius 1 is 1.03 bits per heavy atom. The van der Waals surface area contributed by atoms with Crippen LogP contribution < -0.4 is 4.74 Å². The number of hydrogen-bond acceptors (Lipinski definition) is 3. The number of rotatable bonds is 5. The van der Waals surface area contributed by atoms with E-state index in [9.17, 15) is 4.79 Å². The van der Waals surface area contributed by atoms with Gasteiger partial charge in [0.1, 0.15) is 5.75 Å². The summed E-state index contributed by atoms with van der Waals surface area (Å²) in [5.74, 6) is 0.523. The van der Waals surface area contributed by atoms with Crippen LogP contribution in [0.25, 0.3) is 22.2 Å². The molecule has 0 spiro atoms. The molecule has 4 heteroatoms. The number of pyridine rings is 1. The zero-order chi connectivity index (χ0) is 23.7. The summed E-state index contributed by atoms with van der Waals surface area (Å²) < 4.78 is 6.05. The summed E-state index contributed by atoms with van der Waals surface area (Å²) in [6, 6.07) is 19.4. The summed E-state index contributed by atoms with van der Waals surface area (Å²) >= 11 is 6.27. The van der Waals surface area contributed by atoms with E-state index in [1.54, 1.807) is 0 Å². The highest BCUT2D eigenvalue weighted by atomic mass is 35.5. The van der Waals surface area contributed by atoms with E-state index in [2.05, 4.69) is 19.9 Å². The molecule has 4 aromatic rings. The lowest BCUT2D eigenvalue weighted by Crippen LogP contribution is -2.14. The molecule has 0 bridgehead atoms. The first-order chi connectivity index (χ1) is 15.8. The number of halogens is 1. The van der Waals surface area contributed by atoms with Gasteiger partial charge in [0.05, 0.1) is 16.8 Å². The van der Waals surface area contributed by atoms with Gasteiger partial charge in [-0.15, -0.1) is 0 Å². The van der Waals surface area contributed by atoms with Gasteiger partial charge in [-0.3, -0.25) is 0 Å². The van der Waals surface area contributed by atoms with Crippen LogP contribution in [0.4, 0.5) is 0 Å². The first-order valence-corrected chi connectivity index (χ1v) is 11.7. The fraction of sp³-hybridized carbons (Fsp3) is 0.241. The van der Waals surface area contributed by atoms with Crippen LogP contribution in [0.15, 0.2) is 60.7 Å². The molecule has 0 fully saturated rings. The summed E-state index contributed by atoms with van der Waals surface area (Å²) in [5, 5.41) is 1.43. The van der Waals surface area contributed by atoms with Crippen LogP contribution in [0.2, 0.25) is 5.02 Å². The number of ether oxygens (including phenoxy) is 1. The molecule has 168 valence electrons. The molecule has 0 saturated carbocycles. The van der Waals surface area contributed by atoms with Crippen LogP contribution in [0, 0.1) is 20.8 Å². The van der Waals surface area contributed by atoms with Crippen molar-refractivity contribution < 1.29 is 9.53 Å². The normalized spacial score (nSPS) is 12.1. The van der Waals surface area contributed by atoms with Crippen LogP contribution >= 0.6 is 11.6 Å². The Balaban J connectivity index is 1.93. The molecule has 3 aromatic carbocycles. The molecule has 0 radical (unpaired) electrons. The quantitative estimate of drug-likeness (QED) is 0.224. The molecular formula is C29H28ClNO2. The number of nitrogens with zero attached hydrogens (tertiary/aromatic N) is 1. The first-order valence-electron chi connectivity index (χ1n) is 11.3. The Labute approximate surface area is 200 Å². The standard InChI is InChI=1S/C29H28ClNO2/c1-6-18(3)23-12-7-8-13-25(23)33-29(32)26-20(5)28(21-10-9-11-22(30)16-21)31-27-19(4)14-17(2)15-24(26)27/h7-16,18H,6H2,1-5H3. The number of esters is 1. The van der Waals surface area contributed by atoms with Crippen LogP contribution in [0.3, 0.4) is 0 Å². The molecule has 4 rings (SSSR count). The van der Waals surface area contributed by atoms with Gasteiger partial charge < -0.3 is 4.74 Å². The third-order valence-electron chi connectivity index (χ3n) is 6.24. The number of carbonyl (C=O) groups is 1. The number of carbonyl (C=O) groups excluding carboxylic acids is 1. The van der Waals surface area contributed by atoms with Crippen molar-refractivity contribution in [1.82, 2.24) is 4.98 Å². The maximum Gasteiger partial charge on any atom is 0.344 e. The van der Waals surface area contributed by atoms with Gasteiger partial charge in [0.2, 0.25) is 0 Å². The Morgan fingerprint density at radius 3 is 2.52 bits per heavy atom. The summed E-state index contributed by atoms with van der Waals surface area (Å²) in [5.41, 5.74) is 6.85. The SMILES string of the molecule is CCC(C)c1ccccc1OC(=O)c1c(C)c(-c2cccc(Cl)c2)nc2c(C)cc(C)cc12. The maximum atomic E-state index is 13.7. The van der Waals surface area contributed by atoms with Crippen molar-refractivity contribution >= 4 is 28.5 Å². The molecule has 3 nitrogen and oxygen atoms in total. The molecule has 1 atom stereocenters. The zero-order valence-electron chi connectivity index (χ0n) is 19.7. The van der Waals surface area contributed by atoms with Crippen molar-refractivity contribution in [3.8, 4) is 17.0 Å². The fourth-order valence-electron chi connectivity index (χ4n) is 4.35. The van der Waals surface area contributed by atoms with Crippen molar-refractivity contribution in [2.24, 2.45) is 0 Å². The van der Waals surface area contributed by atoms with Gasteiger partial charge in [0.15, 0.2) is 0 Å². The third-order valence-corrected chi connectivity index (χ3v) is 6.47. The smallest absolute Gasteiger partial charge is 0.344 e. The van der Waals surface area contributed by atoms with Crippen molar-refractivity contribution in [3.63, 3.8) is 0 Å². The third kappa shape index (κ3) is 4.51. The van der Waals surface area contributed by atoms with Gasteiger partial charge in [0, 0.05) is 16.0 Å². The molecule has 0 N–H and O–H groups in total. The van der Waals surface area contributed by atoms with E-state index < -0.39 is 0 Å². The Morgan fingerprint density at radius 2 is 1.79 bits per heavy atom. The zero-order valence-corrected chi connectivity index (χ0v) is 20.5. The minimum atomic E-state index is -0.371. The predicted molar refractivity (Wildman–Crippen MR) is 137 cm³/mol. The van der Waals surface area contributed by atoms with Crippen LogP contribution in [-0.4, -0.2) is 11.0 Å². The van der Waals surface area contributed by atoms with Crippen LogP contribution in [0.5, 0.6) is 5.75 Å². The Kier molecular flexibility index (Phi) is 6.53. The minimum absolute atomic E-state index is 0.288. The van der Waals surface area contributed by atoms with Crippen molar-refractivity contribution in [2.75, 3.05) is 0 Å². The van der Waals surface area contributed by atoms with Crippen LogP contribution in [-0.2, 0) is 0 Å². The lowest BCUT2D eigenvalue weighted by molar-refractivity contribution is 0.0734. The summed E-state index contributed by atoms with van der Waals surface area (Å²) in [4.78, 5) is 18.7. The molecule has 0 aliphatic heterocycles. The lowest BCUT2D eigenvalue weighted by atomic mass is 9.95. The van der Waals surface area contributed by atoms with Gasteiger partial charge in [-0.05, 0) is 74.1 Å². The molecule has 0 aliphatic carbocycles. The largest absolute Gasteiger partial charge is 0.423 e. The average molecular weight is 458 g/mol. The van der Waals surface area contributed by atoms with Gasteiger partial charge in [-0.25, -0.2) is 9.78 Å². The van der Waals surface area contributed by atoms with Gasteiger partial charge in [0.25, 0.3) is 0 Å². The Hall–Kier alpha value is -3.17. The monoisotopic (exact) mass is 457 g/mol. The second-order valence-corrected chi connectivity index (χ2v) is 9.12. The second-order valence-electron chi connectivity index (χ2n) is 8.69. The second kappa shape index (κ2) is 9.36. The highest BCUT2D eigenvalue weighted by Crippen LogP contribution is 2.35. The molecule has 0 amide bonds. The first kappa shape index (κ1) is 23.0. The van der Waals surface area contributed by atoms with Crippen molar-refractivity contribution in [3.05, 3.63) is 93.5 Å². The predicted octanol–water partition coefficient (Wildman–Crippen LogP) is 8.21. The summed E-state index contributed by atoms with van der Waals surface area (Å²) in [6.07, 6.45) is 0.961. The maximum absolute atomic E-state index is 13.7. The van der Waals surface area contributed by atoms with Crippen LogP contribution in [0.1, 0.15) is 58.8 Å².